The first-order valence-corrected chi connectivity index (χ1v) is 10.5. The van der Waals surface area contributed by atoms with E-state index in [1.165, 1.54) is 12.1 Å². The highest BCUT2D eigenvalue weighted by atomic mass is 16.6. The highest BCUT2D eigenvalue weighted by Gasteiger charge is 2.30. The van der Waals surface area contributed by atoms with Crippen molar-refractivity contribution in [1.82, 2.24) is 4.90 Å². The Morgan fingerprint density at radius 1 is 1.06 bits per heavy atom. The Hall–Kier alpha value is -4.23. The van der Waals surface area contributed by atoms with Crippen LogP contribution in [0.1, 0.15) is 16.7 Å². The van der Waals surface area contributed by atoms with Crippen LogP contribution in [0.15, 0.2) is 78.9 Å². The van der Waals surface area contributed by atoms with Crippen molar-refractivity contribution in [2.45, 2.75) is 0 Å². The number of hydrogen-bond donors (Lipinski definition) is 2. The van der Waals surface area contributed by atoms with E-state index in [-0.39, 0.29) is 11.6 Å². The molecule has 7 nitrogen and oxygen atoms in total. The number of amides is 1. The molecule has 0 bridgehead atoms. The van der Waals surface area contributed by atoms with E-state index >= 15 is 0 Å². The van der Waals surface area contributed by atoms with Gasteiger partial charge in [-0.15, -0.1) is 0 Å². The van der Waals surface area contributed by atoms with E-state index in [4.69, 9.17) is 0 Å². The Labute approximate surface area is 192 Å². The lowest BCUT2D eigenvalue weighted by Crippen LogP contribution is -2.10. The minimum absolute atomic E-state index is 0.0657. The average molecular weight is 441 g/mol. The van der Waals surface area contributed by atoms with Gasteiger partial charge in [-0.3, -0.25) is 14.9 Å². The van der Waals surface area contributed by atoms with Gasteiger partial charge >= 0.3 is 0 Å². The zero-order valence-corrected chi connectivity index (χ0v) is 18.4. The number of nitro benzene ring substituents is 1. The summed E-state index contributed by atoms with van der Waals surface area (Å²) >= 11 is 0. The standard InChI is InChI=1S/C26H24N4O3/c1-29(2)16-6-7-18-10-12-20(13-11-18)27-25(19-8-4-3-5-9-19)24-22-17-21(30(32)33)14-15-23(22)28-26(24)31/h3-15,17,27H,16H2,1-2H3,(H,28,31)/b7-6+,25-24-. The molecule has 4 rings (SSSR count). The van der Waals surface area contributed by atoms with E-state index < -0.39 is 4.92 Å². The second kappa shape index (κ2) is 9.50. The number of nitrogens with one attached hydrogen (secondary N) is 2. The summed E-state index contributed by atoms with van der Waals surface area (Å²) < 4.78 is 0. The second-order valence-corrected chi connectivity index (χ2v) is 7.97. The number of carbonyl (C=O) groups excluding carboxylic acids is 1. The second-order valence-electron chi connectivity index (χ2n) is 7.97. The number of non-ortho nitro benzene ring substituents is 1. The van der Waals surface area contributed by atoms with Gasteiger partial charge in [-0.25, -0.2) is 0 Å². The molecular formula is C26H24N4O3. The van der Waals surface area contributed by atoms with Gasteiger partial charge < -0.3 is 15.5 Å². The third-order valence-corrected chi connectivity index (χ3v) is 5.23. The summed E-state index contributed by atoms with van der Waals surface area (Å²) in [6.45, 7) is 0.852. The molecule has 33 heavy (non-hydrogen) atoms. The van der Waals surface area contributed by atoms with E-state index in [0.717, 1.165) is 23.4 Å². The fourth-order valence-corrected chi connectivity index (χ4v) is 3.62. The van der Waals surface area contributed by atoms with Crippen LogP contribution in [0.5, 0.6) is 0 Å². The number of likely N-dealkylation sites (N-methyl/N-ethyl adjacent to an activating group) is 1. The summed E-state index contributed by atoms with van der Waals surface area (Å²) in [7, 11) is 4.03. The van der Waals surface area contributed by atoms with Crippen LogP contribution in [-0.4, -0.2) is 36.4 Å². The average Bonchev–Trinajstić information content (AvgIpc) is 3.13. The summed E-state index contributed by atoms with van der Waals surface area (Å²) in [6.07, 6.45) is 4.15. The lowest BCUT2D eigenvalue weighted by atomic mass is 9.99. The molecule has 166 valence electrons. The lowest BCUT2D eigenvalue weighted by molar-refractivity contribution is -0.384. The van der Waals surface area contributed by atoms with Crippen molar-refractivity contribution in [2.24, 2.45) is 0 Å². The Morgan fingerprint density at radius 2 is 1.79 bits per heavy atom. The van der Waals surface area contributed by atoms with Crippen LogP contribution in [0.3, 0.4) is 0 Å². The number of benzene rings is 3. The molecule has 3 aromatic rings. The van der Waals surface area contributed by atoms with Gasteiger partial charge in [-0.2, -0.15) is 0 Å². The molecule has 2 N–H and O–H groups in total. The van der Waals surface area contributed by atoms with Crippen molar-refractivity contribution in [3.05, 3.63) is 106 Å². The van der Waals surface area contributed by atoms with E-state index in [1.807, 2.05) is 68.7 Å². The lowest BCUT2D eigenvalue weighted by Gasteiger charge is -2.15. The first-order chi connectivity index (χ1) is 15.9. The largest absolute Gasteiger partial charge is 0.354 e. The molecule has 0 unspecified atom stereocenters. The zero-order chi connectivity index (χ0) is 23.4. The zero-order valence-electron chi connectivity index (χ0n) is 18.4. The van der Waals surface area contributed by atoms with Crippen molar-refractivity contribution in [1.29, 1.82) is 0 Å². The maximum atomic E-state index is 13.0. The summed E-state index contributed by atoms with van der Waals surface area (Å²) in [5, 5.41) is 17.5. The molecule has 1 aliphatic heterocycles. The fourth-order valence-electron chi connectivity index (χ4n) is 3.62. The molecule has 1 heterocycles. The monoisotopic (exact) mass is 440 g/mol. The Bertz CT molecular complexity index is 1250. The number of nitrogens with zero attached hydrogens (tertiary/aromatic N) is 2. The van der Waals surface area contributed by atoms with E-state index in [2.05, 4.69) is 27.7 Å². The SMILES string of the molecule is CN(C)C/C=C/c1ccc(N/C(=C2\C(=O)Nc3ccc([N+](=O)[O-])cc32)c2ccccc2)cc1. The molecule has 1 aliphatic rings. The Morgan fingerprint density at radius 3 is 2.45 bits per heavy atom. The number of carbonyl (C=O) groups is 1. The fraction of sp³-hybridized carbons (Fsp3) is 0.115. The summed E-state index contributed by atoms with van der Waals surface area (Å²) in [6, 6.07) is 21.7. The topological polar surface area (TPSA) is 87.5 Å². The van der Waals surface area contributed by atoms with E-state index in [1.54, 1.807) is 6.07 Å². The number of fused-ring (bicyclic) bond motifs is 1. The molecule has 0 radical (unpaired) electrons. The van der Waals surface area contributed by atoms with Crippen molar-refractivity contribution >= 4 is 40.3 Å². The normalized spacial score (nSPS) is 14.3. The molecule has 3 aromatic carbocycles. The van der Waals surface area contributed by atoms with Crippen molar-refractivity contribution in [2.75, 3.05) is 31.3 Å². The van der Waals surface area contributed by atoms with Gasteiger partial charge in [0.2, 0.25) is 0 Å². The number of anilines is 2. The van der Waals surface area contributed by atoms with Gasteiger partial charge in [-0.1, -0.05) is 54.6 Å². The third-order valence-electron chi connectivity index (χ3n) is 5.23. The first kappa shape index (κ1) is 22.0. The predicted octanol–water partition coefficient (Wildman–Crippen LogP) is 5.10. The molecule has 0 aliphatic carbocycles. The number of rotatable bonds is 7. The molecule has 0 spiro atoms. The van der Waals surface area contributed by atoms with Crippen molar-refractivity contribution in [3.8, 4) is 0 Å². The van der Waals surface area contributed by atoms with Gasteiger partial charge in [0, 0.05) is 35.6 Å². The highest BCUT2D eigenvalue weighted by molar-refractivity contribution is 6.37. The van der Waals surface area contributed by atoms with Crippen LogP contribution in [-0.2, 0) is 4.79 Å². The van der Waals surface area contributed by atoms with Gasteiger partial charge in [0.25, 0.3) is 11.6 Å². The molecule has 1 amide bonds. The van der Waals surface area contributed by atoms with Gasteiger partial charge in [0.15, 0.2) is 0 Å². The maximum absolute atomic E-state index is 13.0. The number of hydrogen-bond acceptors (Lipinski definition) is 5. The summed E-state index contributed by atoms with van der Waals surface area (Å²) in [4.78, 5) is 25.9. The van der Waals surface area contributed by atoms with E-state index in [9.17, 15) is 14.9 Å². The number of nitro groups is 1. The van der Waals surface area contributed by atoms with Crippen molar-refractivity contribution in [3.63, 3.8) is 0 Å². The Balaban J connectivity index is 1.75. The third kappa shape index (κ3) is 4.99. The molecule has 0 saturated heterocycles. The summed E-state index contributed by atoms with van der Waals surface area (Å²) in [5.74, 6) is -0.305. The maximum Gasteiger partial charge on any atom is 0.270 e. The minimum atomic E-state index is -0.459. The summed E-state index contributed by atoms with van der Waals surface area (Å²) in [5.41, 5.74) is 4.62. The molecule has 0 saturated carbocycles. The van der Waals surface area contributed by atoms with Gasteiger partial charge in [-0.05, 0) is 43.4 Å². The molecular weight excluding hydrogens is 416 g/mol. The molecule has 7 heteroatoms. The molecule has 0 atom stereocenters. The van der Waals surface area contributed by atoms with Crippen LogP contribution < -0.4 is 10.6 Å². The van der Waals surface area contributed by atoms with Crippen LogP contribution in [0.4, 0.5) is 17.1 Å². The van der Waals surface area contributed by atoms with Gasteiger partial charge in [0.1, 0.15) is 0 Å². The van der Waals surface area contributed by atoms with Crippen LogP contribution in [0.25, 0.3) is 17.3 Å². The van der Waals surface area contributed by atoms with Crippen LogP contribution in [0.2, 0.25) is 0 Å². The smallest absolute Gasteiger partial charge is 0.270 e. The molecule has 0 aromatic heterocycles. The Kier molecular flexibility index (Phi) is 6.33. The molecule has 0 fully saturated rings. The van der Waals surface area contributed by atoms with Crippen LogP contribution >= 0.6 is 0 Å². The predicted molar refractivity (Wildman–Crippen MR) is 133 cm³/mol. The first-order valence-electron chi connectivity index (χ1n) is 10.5. The minimum Gasteiger partial charge on any atom is -0.354 e. The van der Waals surface area contributed by atoms with Crippen LogP contribution in [0, 0.1) is 10.1 Å². The quantitative estimate of drug-likeness (QED) is 0.303. The van der Waals surface area contributed by atoms with Crippen molar-refractivity contribution < 1.29 is 9.72 Å². The van der Waals surface area contributed by atoms with E-state index in [0.29, 0.717) is 22.5 Å². The highest BCUT2D eigenvalue weighted by Crippen LogP contribution is 2.39. The van der Waals surface area contributed by atoms with Gasteiger partial charge in [0.05, 0.1) is 16.2 Å².